The minimum Gasteiger partial charge on any atom is -0.497 e. The molecule has 0 saturated carbocycles. The summed E-state index contributed by atoms with van der Waals surface area (Å²) >= 11 is 8.23. The molecule has 0 aromatic heterocycles. The van der Waals surface area contributed by atoms with Crippen molar-refractivity contribution in [1.29, 1.82) is 0 Å². The second kappa shape index (κ2) is 7.45. The Morgan fingerprint density at radius 2 is 2.21 bits per heavy atom. The van der Waals surface area contributed by atoms with Gasteiger partial charge in [-0.2, -0.15) is 0 Å². The van der Waals surface area contributed by atoms with Gasteiger partial charge in [0.1, 0.15) is 5.75 Å². The van der Waals surface area contributed by atoms with Crippen LogP contribution in [0.3, 0.4) is 0 Å². The predicted molar refractivity (Wildman–Crippen MR) is 83.7 cm³/mol. The molecule has 1 amide bonds. The smallest absolute Gasteiger partial charge is 0.255 e. The van der Waals surface area contributed by atoms with Crippen molar-refractivity contribution in [3.05, 3.63) is 28.2 Å². The predicted octanol–water partition coefficient (Wildman–Crippen LogP) is 2.60. The van der Waals surface area contributed by atoms with Crippen molar-refractivity contribution in [2.75, 3.05) is 20.2 Å². The van der Waals surface area contributed by atoms with Crippen molar-refractivity contribution in [3.63, 3.8) is 0 Å². The molecular weight excluding hydrogens is 328 g/mol. The summed E-state index contributed by atoms with van der Waals surface area (Å²) in [6, 6.07) is 5.31. The highest BCUT2D eigenvalue weighted by atomic mass is 79.9. The topological polar surface area (TPSA) is 55.6 Å². The van der Waals surface area contributed by atoms with Gasteiger partial charge in [-0.05, 0) is 41.1 Å². The maximum Gasteiger partial charge on any atom is 0.255 e. The number of hydrogen-bond acceptors (Lipinski definition) is 3. The van der Waals surface area contributed by atoms with Crippen molar-refractivity contribution >= 4 is 39.0 Å². The maximum atomic E-state index is 12.4. The van der Waals surface area contributed by atoms with Gasteiger partial charge in [0.15, 0.2) is 0 Å². The Hall–Kier alpha value is -1.14. The molecule has 0 heterocycles. The van der Waals surface area contributed by atoms with Crippen molar-refractivity contribution in [2.24, 2.45) is 5.73 Å². The standard InChI is InChI=1S/C13H17BrN2O2S/c1-3-16(7-6-12(15)19)13(17)10-8-9(18-2)4-5-11(10)14/h4-5,8H,3,6-7H2,1-2H3,(H2,15,19). The summed E-state index contributed by atoms with van der Waals surface area (Å²) < 4.78 is 5.88. The van der Waals surface area contributed by atoms with Crippen LogP contribution in [-0.2, 0) is 0 Å². The molecule has 4 nitrogen and oxygen atoms in total. The van der Waals surface area contributed by atoms with Gasteiger partial charge in [-0.25, -0.2) is 0 Å². The number of thiocarbonyl (C=S) groups is 1. The molecule has 0 radical (unpaired) electrons. The van der Waals surface area contributed by atoms with Crippen LogP contribution in [0.15, 0.2) is 22.7 Å². The maximum absolute atomic E-state index is 12.4. The molecule has 1 aromatic rings. The fourth-order valence-electron chi connectivity index (χ4n) is 1.61. The monoisotopic (exact) mass is 344 g/mol. The highest BCUT2D eigenvalue weighted by Gasteiger charge is 2.17. The number of carbonyl (C=O) groups excluding carboxylic acids is 1. The molecule has 0 atom stereocenters. The van der Waals surface area contributed by atoms with E-state index in [0.717, 1.165) is 4.47 Å². The average Bonchev–Trinajstić information content (AvgIpc) is 2.39. The lowest BCUT2D eigenvalue weighted by molar-refractivity contribution is 0.0767. The third-order valence-corrected chi connectivity index (χ3v) is 3.60. The Morgan fingerprint density at radius 1 is 1.53 bits per heavy atom. The SMILES string of the molecule is CCN(CCC(N)=S)C(=O)c1cc(OC)ccc1Br. The lowest BCUT2D eigenvalue weighted by Gasteiger charge is -2.21. The number of halogens is 1. The number of ether oxygens (including phenoxy) is 1. The zero-order chi connectivity index (χ0) is 14.4. The minimum absolute atomic E-state index is 0.0653. The first-order valence-corrected chi connectivity index (χ1v) is 7.10. The van der Waals surface area contributed by atoms with Crippen LogP contribution < -0.4 is 10.5 Å². The number of amides is 1. The highest BCUT2D eigenvalue weighted by molar-refractivity contribution is 9.10. The van der Waals surface area contributed by atoms with E-state index in [9.17, 15) is 4.79 Å². The van der Waals surface area contributed by atoms with E-state index >= 15 is 0 Å². The Balaban J connectivity index is 2.93. The normalized spacial score (nSPS) is 10.1. The van der Waals surface area contributed by atoms with Gasteiger partial charge in [-0.1, -0.05) is 12.2 Å². The quantitative estimate of drug-likeness (QED) is 0.806. The summed E-state index contributed by atoms with van der Waals surface area (Å²) in [4.78, 5) is 14.6. The molecule has 1 aromatic carbocycles. The van der Waals surface area contributed by atoms with Gasteiger partial charge < -0.3 is 15.4 Å². The first-order valence-electron chi connectivity index (χ1n) is 5.90. The lowest BCUT2D eigenvalue weighted by Crippen LogP contribution is -2.33. The summed E-state index contributed by atoms with van der Waals surface area (Å²) in [5.41, 5.74) is 6.05. The van der Waals surface area contributed by atoms with Crippen LogP contribution in [-0.4, -0.2) is 36.0 Å². The molecule has 0 spiro atoms. The van der Waals surface area contributed by atoms with Crippen LogP contribution in [0.1, 0.15) is 23.7 Å². The van der Waals surface area contributed by atoms with E-state index in [2.05, 4.69) is 15.9 Å². The van der Waals surface area contributed by atoms with Crippen LogP contribution in [0.4, 0.5) is 0 Å². The Labute approximate surface area is 127 Å². The molecule has 0 fully saturated rings. The Morgan fingerprint density at radius 3 is 2.74 bits per heavy atom. The van der Waals surface area contributed by atoms with Crippen molar-refractivity contribution in [1.82, 2.24) is 4.90 Å². The van der Waals surface area contributed by atoms with E-state index in [1.165, 1.54) is 0 Å². The molecule has 104 valence electrons. The molecule has 0 aliphatic carbocycles. The fraction of sp³-hybridized carbons (Fsp3) is 0.385. The average molecular weight is 345 g/mol. The number of nitrogens with zero attached hydrogens (tertiary/aromatic N) is 1. The lowest BCUT2D eigenvalue weighted by atomic mass is 10.2. The number of benzene rings is 1. The summed E-state index contributed by atoms with van der Waals surface area (Å²) in [5.74, 6) is 0.585. The first kappa shape index (κ1) is 15.9. The number of rotatable bonds is 6. The van der Waals surface area contributed by atoms with Crippen LogP contribution >= 0.6 is 28.1 Å². The molecule has 0 unspecified atom stereocenters. The molecule has 2 N–H and O–H groups in total. The van der Waals surface area contributed by atoms with E-state index < -0.39 is 0 Å². The zero-order valence-electron chi connectivity index (χ0n) is 11.0. The van der Waals surface area contributed by atoms with Crippen LogP contribution in [0, 0.1) is 0 Å². The van der Waals surface area contributed by atoms with Gasteiger partial charge in [0.25, 0.3) is 5.91 Å². The Kier molecular flexibility index (Phi) is 6.24. The van der Waals surface area contributed by atoms with Gasteiger partial charge in [0.2, 0.25) is 0 Å². The van der Waals surface area contributed by atoms with E-state index in [4.69, 9.17) is 22.7 Å². The third kappa shape index (κ3) is 4.47. The van der Waals surface area contributed by atoms with Gasteiger partial charge in [0.05, 0.1) is 17.7 Å². The summed E-state index contributed by atoms with van der Waals surface area (Å²) in [7, 11) is 1.57. The molecule has 0 bridgehead atoms. The summed E-state index contributed by atoms with van der Waals surface area (Å²) in [6.07, 6.45) is 0.524. The molecule has 1 rings (SSSR count). The number of nitrogens with two attached hydrogens (primary N) is 1. The summed E-state index contributed by atoms with van der Waals surface area (Å²) in [5, 5.41) is 0. The summed E-state index contributed by atoms with van der Waals surface area (Å²) in [6.45, 7) is 3.05. The van der Waals surface area contributed by atoms with Gasteiger partial charge in [0, 0.05) is 24.0 Å². The van der Waals surface area contributed by atoms with E-state index in [1.807, 2.05) is 6.92 Å². The van der Waals surface area contributed by atoms with Crippen LogP contribution in [0.2, 0.25) is 0 Å². The third-order valence-electron chi connectivity index (χ3n) is 2.70. The number of carbonyl (C=O) groups is 1. The molecule has 6 heteroatoms. The highest BCUT2D eigenvalue weighted by Crippen LogP contribution is 2.23. The zero-order valence-corrected chi connectivity index (χ0v) is 13.4. The largest absolute Gasteiger partial charge is 0.497 e. The van der Waals surface area contributed by atoms with Crippen molar-refractivity contribution in [3.8, 4) is 5.75 Å². The van der Waals surface area contributed by atoms with Crippen molar-refractivity contribution in [2.45, 2.75) is 13.3 Å². The van der Waals surface area contributed by atoms with E-state index in [1.54, 1.807) is 30.2 Å². The van der Waals surface area contributed by atoms with Gasteiger partial charge in [-0.3, -0.25) is 4.79 Å². The number of methoxy groups -OCH3 is 1. The number of hydrogen-bond donors (Lipinski definition) is 1. The van der Waals surface area contributed by atoms with Crippen LogP contribution in [0.25, 0.3) is 0 Å². The molecule has 0 aliphatic rings. The molecular formula is C13H17BrN2O2S. The minimum atomic E-state index is -0.0653. The van der Waals surface area contributed by atoms with E-state index in [0.29, 0.717) is 35.8 Å². The fourth-order valence-corrected chi connectivity index (χ4v) is 2.12. The molecule has 19 heavy (non-hydrogen) atoms. The first-order chi connectivity index (χ1) is 8.99. The van der Waals surface area contributed by atoms with Gasteiger partial charge >= 0.3 is 0 Å². The Bertz CT molecular complexity index is 480. The second-order valence-electron chi connectivity index (χ2n) is 3.95. The van der Waals surface area contributed by atoms with Crippen molar-refractivity contribution < 1.29 is 9.53 Å². The van der Waals surface area contributed by atoms with Crippen LogP contribution in [0.5, 0.6) is 5.75 Å². The molecule has 0 saturated heterocycles. The van der Waals surface area contributed by atoms with E-state index in [-0.39, 0.29) is 5.91 Å². The molecule has 0 aliphatic heterocycles. The van der Waals surface area contributed by atoms with Gasteiger partial charge in [-0.15, -0.1) is 0 Å². The second-order valence-corrected chi connectivity index (χ2v) is 5.33.